The van der Waals surface area contributed by atoms with Crippen molar-refractivity contribution in [3.63, 3.8) is 0 Å². The second-order valence-electron chi connectivity index (χ2n) is 5.59. The molecule has 0 unspecified atom stereocenters. The Morgan fingerprint density at radius 2 is 2.00 bits per heavy atom. The molecule has 26 heavy (non-hydrogen) atoms. The maximum Gasteiger partial charge on any atom is 0.264 e. The molecular weight excluding hydrogens is 372 g/mol. The van der Waals surface area contributed by atoms with E-state index in [-0.39, 0.29) is 11.1 Å². The number of rotatable bonds is 6. The Hall–Kier alpha value is -2.44. The molecule has 0 spiro atoms. The Morgan fingerprint density at radius 1 is 1.19 bits per heavy atom. The summed E-state index contributed by atoms with van der Waals surface area (Å²) in [5.41, 5.74) is 1.81. The molecule has 2 aromatic carbocycles. The van der Waals surface area contributed by atoms with Gasteiger partial charge in [0.1, 0.15) is 24.7 Å². The number of amides is 1. The van der Waals surface area contributed by atoms with Gasteiger partial charge in [-0.15, -0.1) is 0 Å². The van der Waals surface area contributed by atoms with Crippen LogP contribution in [-0.2, 0) is 4.79 Å². The summed E-state index contributed by atoms with van der Waals surface area (Å²) in [7, 11) is 0. The molecular formula is C19H17ClN2O3S. The summed E-state index contributed by atoms with van der Waals surface area (Å²) < 4.78 is 11.5. The minimum atomic E-state index is -0.297. The number of aryl methyl sites for hydroxylation is 1. The molecule has 0 aliphatic carbocycles. The molecule has 3 rings (SSSR count). The van der Waals surface area contributed by atoms with Crippen LogP contribution in [0.15, 0.2) is 47.4 Å². The number of carbonyl (C=O) groups excluding carboxylic acids is 1. The van der Waals surface area contributed by atoms with Crippen LogP contribution in [0.4, 0.5) is 0 Å². The van der Waals surface area contributed by atoms with Crippen molar-refractivity contribution >= 4 is 40.5 Å². The molecule has 2 aromatic rings. The van der Waals surface area contributed by atoms with Gasteiger partial charge < -0.3 is 14.8 Å². The van der Waals surface area contributed by atoms with E-state index in [1.807, 2.05) is 31.2 Å². The standard InChI is InChI=1S/C19H17ClN2O3S/c1-12-3-2-4-15(9-12)24-7-8-25-16-6-5-14(20)10-13(16)11-17-18(23)22-19(21)26-17/h2-6,9-11H,7-8H2,1H3,(H2,21,22,23). The van der Waals surface area contributed by atoms with Crippen LogP contribution >= 0.6 is 23.4 Å². The lowest BCUT2D eigenvalue weighted by Gasteiger charge is -2.11. The Labute approximate surface area is 160 Å². The lowest BCUT2D eigenvalue weighted by molar-refractivity contribution is -0.115. The first-order valence-electron chi connectivity index (χ1n) is 7.92. The van der Waals surface area contributed by atoms with Crippen LogP contribution in [0, 0.1) is 12.3 Å². The largest absolute Gasteiger partial charge is 0.490 e. The zero-order valence-corrected chi connectivity index (χ0v) is 15.6. The number of amidine groups is 1. The van der Waals surface area contributed by atoms with Crippen molar-refractivity contribution in [3.8, 4) is 11.5 Å². The quantitative estimate of drug-likeness (QED) is 0.573. The summed E-state index contributed by atoms with van der Waals surface area (Å²) in [5.74, 6) is 1.10. The first kappa shape index (κ1) is 18.4. The maximum absolute atomic E-state index is 11.8. The number of hydrogen-bond donors (Lipinski definition) is 2. The molecule has 1 amide bonds. The lowest BCUT2D eigenvalue weighted by atomic mass is 10.2. The summed E-state index contributed by atoms with van der Waals surface area (Å²) in [5, 5.41) is 10.6. The fourth-order valence-corrected chi connectivity index (χ4v) is 3.24. The predicted molar refractivity (Wildman–Crippen MR) is 105 cm³/mol. The molecule has 1 heterocycles. The summed E-state index contributed by atoms with van der Waals surface area (Å²) >= 11 is 7.13. The number of hydrogen-bond acceptors (Lipinski definition) is 5. The first-order chi connectivity index (χ1) is 12.5. The maximum atomic E-state index is 11.8. The number of halogens is 1. The van der Waals surface area contributed by atoms with Crippen LogP contribution < -0.4 is 14.8 Å². The fourth-order valence-electron chi connectivity index (χ4n) is 2.36. The summed E-state index contributed by atoms with van der Waals surface area (Å²) in [4.78, 5) is 12.2. The fraction of sp³-hybridized carbons (Fsp3) is 0.158. The van der Waals surface area contributed by atoms with Crippen molar-refractivity contribution < 1.29 is 14.3 Å². The van der Waals surface area contributed by atoms with Gasteiger partial charge in [-0.2, -0.15) is 0 Å². The van der Waals surface area contributed by atoms with Crippen molar-refractivity contribution in [3.05, 3.63) is 63.5 Å². The summed E-state index contributed by atoms with van der Waals surface area (Å²) in [6.07, 6.45) is 1.67. The second kappa shape index (κ2) is 8.29. The smallest absolute Gasteiger partial charge is 0.264 e. The van der Waals surface area contributed by atoms with Gasteiger partial charge in [0.2, 0.25) is 0 Å². The van der Waals surface area contributed by atoms with E-state index in [1.54, 1.807) is 24.3 Å². The number of nitrogens with one attached hydrogen (secondary N) is 2. The van der Waals surface area contributed by atoms with Gasteiger partial charge in [0.05, 0.1) is 4.91 Å². The Balaban J connectivity index is 1.65. The van der Waals surface area contributed by atoms with E-state index < -0.39 is 0 Å². The molecule has 1 fully saturated rings. The van der Waals surface area contributed by atoms with E-state index in [2.05, 4.69) is 5.32 Å². The van der Waals surface area contributed by atoms with Gasteiger partial charge in [-0.25, -0.2) is 0 Å². The van der Waals surface area contributed by atoms with Gasteiger partial charge >= 0.3 is 0 Å². The Bertz CT molecular complexity index is 883. The molecule has 7 heteroatoms. The normalized spacial score (nSPS) is 15.2. The average Bonchev–Trinajstić information content (AvgIpc) is 2.90. The number of benzene rings is 2. The van der Waals surface area contributed by atoms with Crippen LogP contribution in [0.5, 0.6) is 11.5 Å². The highest BCUT2D eigenvalue weighted by Gasteiger charge is 2.22. The highest BCUT2D eigenvalue weighted by Crippen LogP contribution is 2.30. The van der Waals surface area contributed by atoms with Crippen LogP contribution in [0.1, 0.15) is 11.1 Å². The third-order valence-electron chi connectivity index (χ3n) is 3.52. The van der Waals surface area contributed by atoms with Crippen LogP contribution in [0.25, 0.3) is 6.08 Å². The molecule has 0 radical (unpaired) electrons. The molecule has 1 aliphatic rings. The minimum Gasteiger partial charge on any atom is -0.490 e. The van der Waals surface area contributed by atoms with Crippen LogP contribution in [-0.4, -0.2) is 24.3 Å². The summed E-state index contributed by atoms with van der Waals surface area (Å²) in [6.45, 7) is 2.75. The zero-order chi connectivity index (χ0) is 18.5. The zero-order valence-electron chi connectivity index (χ0n) is 14.0. The lowest BCUT2D eigenvalue weighted by Crippen LogP contribution is -2.18. The van der Waals surface area contributed by atoms with E-state index >= 15 is 0 Å². The minimum absolute atomic E-state index is 0.109. The molecule has 5 nitrogen and oxygen atoms in total. The van der Waals surface area contributed by atoms with Gasteiger partial charge in [-0.05, 0) is 60.7 Å². The van der Waals surface area contributed by atoms with Crippen molar-refractivity contribution in [2.75, 3.05) is 13.2 Å². The Kier molecular flexibility index (Phi) is 5.85. The SMILES string of the molecule is Cc1cccc(OCCOc2ccc(Cl)cc2C=C2SC(=N)NC2=O)c1. The molecule has 0 aromatic heterocycles. The van der Waals surface area contributed by atoms with Gasteiger partial charge in [-0.3, -0.25) is 10.2 Å². The van der Waals surface area contributed by atoms with Crippen molar-refractivity contribution in [2.45, 2.75) is 6.92 Å². The third kappa shape index (κ3) is 4.80. The molecule has 0 saturated carbocycles. The molecule has 134 valence electrons. The molecule has 2 N–H and O–H groups in total. The van der Waals surface area contributed by atoms with Crippen molar-refractivity contribution in [2.24, 2.45) is 0 Å². The summed E-state index contributed by atoms with van der Waals surface area (Å²) in [6, 6.07) is 13.0. The number of ether oxygens (including phenoxy) is 2. The third-order valence-corrected chi connectivity index (χ3v) is 4.58. The monoisotopic (exact) mass is 388 g/mol. The Morgan fingerprint density at radius 3 is 2.73 bits per heavy atom. The molecule has 1 aliphatic heterocycles. The topological polar surface area (TPSA) is 71.4 Å². The van der Waals surface area contributed by atoms with Crippen LogP contribution in [0.2, 0.25) is 5.02 Å². The van der Waals surface area contributed by atoms with Crippen LogP contribution in [0.3, 0.4) is 0 Å². The molecule has 0 atom stereocenters. The van der Waals surface area contributed by atoms with E-state index in [0.717, 1.165) is 23.1 Å². The van der Waals surface area contributed by atoms with Gasteiger partial charge in [0, 0.05) is 10.6 Å². The first-order valence-corrected chi connectivity index (χ1v) is 9.12. The van der Waals surface area contributed by atoms with E-state index in [0.29, 0.717) is 34.5 Å². The predicted octanol–water partition coefficient (Wildman–Crippen LogP) is 4.24. The van der Waals surface area contributed by atoms with E-state index in [4.69, 9.17) is 26.5 Å². The number of thioether (sulfide) groups is 1. The van der Waals surface area contributed by atoms with Gasteiger partial charge in [0.15, 0.2) is 5.17 Å². The highest BCUT2D eigenvalue weighted by atomic mass is 35.5. The van der Waals surface area contributed by atoms with Crippen molar-refractivity contribution in [1.29, 1.82) is 5.41 Å². The second-order valence-corrected chi connectivity index (χ2v) is 7.08. The van der Waals surface area contributed by atoms with Gasteiger partial charge in [-0.1, -0.05) is 23.7 Å². The average molecular weight is 389 g/mol. The number of carbonyl (C=O) groups is 1. The highest BCUT2D eigenvalue weighted by molar-refractivity contribution is 8.18. The van der Waals surface area contributed by atoms with E-state index in [9.17, 15) is 4.79 Å². The molecule has 1 saturated heterocycles. The molecule has 0 bridgehead atoms. The van der Waals surface area contributed by atoms with Crippen molar-refractivity contribution in [1.82, 2.24) is 5.32 Å². The van der Waals surface area contributed by atoms with E-state index in [1.165, 1.54) is 0 Å². The van der Waals surface area contributed by atoms with Gasteiger partial charge in [0.25, 0.3) is 5.91 Å².